The van der Waals surface area contributed by atoms with Gasteiger partial charge in [-0.25, -0.2) is 0 Å². The molecule has 0 radical (unpaired) electrons. The van der Waals surface area contributed by atoms with E-state index in [-0.39, 0.29) is 0 Å². The van der Waals surface area contributed by atoms with Crippen molar-refractivity contribution in [2.75, 3.05) is 0 Å². The fourth-order valence-corrected chi connectivity index (χ4v) is 1.60. The predicted molar refractivity (Wildman–Crippen MR) is 54.3 cm³/mol. The van der Waals surface area contributed by atoms with Crippen molar-refractivity contribution in [1.29, 1.82) is 0 Å². The van der Waals surface area contributed by atoms with Crippen molar-refractivity contribution in [2.24, 2.45) is 0 Å². The Morgan fingerprint density at radius 2 is 2.15 bits per heavy atom. The lowest BCUT2D eigenvalue weighted by atomic mass is 9.86. The molecule has 0 fully saturated rings. The van der Waals surface area contributed by atoms with Crippen molar-refractivity contribution in [3.05, 3.63) is 54.1 Å². The average Bonchev–Trinajstić information content (AvgIpc) is 2.18. The van der Waals surface area contributed by atoms with Crippen molar-refractivity contribution in [1.82, 2.24) is 0 Å². The zero-order chi connectivity index (χ0) is 9.31. The van der Waals surface area contributed by atoms with Crippen LogP contribution in [0.2, 0.25) is 0 Å². The molecule has 1 nitrogen and oxygen atoms in total. The normalized spacial score (nSPS) is 25.3. The van der Waals surface area contributed by atoms with E-state index < -0.39 is 5.60 Å². The Bertz CT molecular complexity index is 365. The molecule has 0 saturated carbocycles. The summed E-state index contributed by atoms with van der Waals surface area (Å²) in [6.45, 7) is 3.63. The van der Waals surface area contributed by atoms with Crippen LogP contribution in [0.1, 0.15) is 11.1 Å². The lowest BCUT2D eigenvalue weighted by Crippen LogP contribution is -2.27. The molecule has 66 valence electrons. The molecule has 1 atom stereocenters. The van der Waals surface area contributed by atoms with Gasteiger partial charge in [0, 0.05) is 6.42 Å². The van der Waals surface area contributed by atoms with E-state index in [1.54, 1.807) is 12.2 Å². The Kier molecular flexibility index (Phi) is 1.82. The molecule has 1 aliphatic carbocycles. The van der Waals surface area contributed by atoms with Gasteiger partial charge in [-0.05, 0) is 17.2 Å². The lowest BCUT2D eigenvalue weighted by molar-refractivity contribution is 0.143. The topological polar surface area (TPSA) is 20.2 Å². The van der Waals surface area contributed by atoms with Crippen LogP contribution in [0.15, 0.2) is 43.0 Å². The molecule has 0 aromatic heterocycles. The Balaban J connectivity index is 2.44. The van der Waals surface area contributed by atoms with Gasteiger partial charge in [-0.2, -0.15) is 0 Å². The molecular weight excluding hydrogens is 160 g/mol. The molecule has 13 heavy (non-hydrogen) atoms. The highest BCUT2D eigenvalue weighted by molar-refractivity contribution is 5.59. The molecule has 1 heteroatoms. The molecule has 0 amide bonds. The van der Waals surface area contributed by atoms with E-state index in [1.165, 1.54) is 11.1 Å². The van der Waals surface area contributed by atoms with Gasteiger partial charge in [-0.3, -0.25) is 0 Å². The van der Waals surface area contributed by atoms with E-state index in [9.17, 15) is 5.11 Å². The van der Waals surface area contributed by atoms with Gasteiger partial charge in [0.1, 0.15) is 5.60 Å². The number of rotatable bonds is 1. The smallest absolute Gasteiger partial charge is 0.105 e. The maximum absolute atomic E-state index is 9.92. The second kappa shape index (κ2) is 2.86. The van der Waals surface area contributed by atoms with E-state index in [0.717, 1.165) is 0 Å². The van der Waals surface area contributed by atoms with Gasteiger partial charge in [0.25, 0.3) is 0 Å². The molecule has 0 spiro atoms. The van der Waals surface area contributed by atoms with Gasteiger partial charge in [0.15, 0.2) is 0 Å². The first-order chi connectivity index (χ1) is 6.23. The largest absolute Gasteiger partial charge is 0.381 e. The fourth-order valence-electron chi connectivity index (χ4n) is 1.60. The maximum atomic E-state index is 9.92. The number of aliphatic hydroxyl groups is 1. The van der Waals surface area contributed by atoms with Gasteiger partial charge in [-0.1, -0.05) is 43.0 Å². The summed E-state index contributed by atoms with van der Waals surface area (Å²) in [6, 6.07) is 8.07. The molecule has 1 aromatic carbocycles. The van der Waals surface area contributed by atoms with Crippen molar-refractivity contribution < 1.29 is 5.11 Å². The summed E-state index contributed by atoms with van der Waals surface area (Å²) in [6.07, 6.45) is 5.95. The van der Waals surface area contributed by atoms with E-state index in [4.69, 9.17) is 0 Å². The molecule has 0 bridgehead atoms. The van der Waals surface area contributed by atoms with Crippen LogP contribution in [-0.4, -0.2) is 10.7 Å². The van der Waals surface area contributed by atoms with Crippen molar-refractivity contribution in [3.63, 3.8) is 0 Å². The molecule has 1 aromatic rings. The van der Waals surface area contributed by atoms with Crippen LogP contribution in [0.4, 0.5) is 0 Å². The number of hydrogen-bond acceptors (Lipinski definition) is 1. The molecule has 1 unspecified atom stereocenters. The van der Waals surface area contributed by atoms with Gasteiger partial charge in [0.05, 0.1) is 0 Å². The molecule has 0 saturated heterocycles. The summed E-state index contributed by atoms with van der Waals surface area (Å²) in [7, 11) is 0. The number of fused-ring (bicyclic) bond motifs is 1. The Labute approximate surface area is 78.0 Å². The third-order valence-electron chi connectivity index (χ3n) is 2.43. The van der Waals surface area contributed by atoms with Gasteiger partial charge in [-0.15, -0.1) is 0 Å². The second-order valence-electron chi connectivity index (χ2n) is 3.40. The van der Waals surface area contributed by atoms with Gasteiger partial charge in [0.2, 0.25) is 0 Å². The Morgan fingerprint density at radius 1 is 1.38 bits per heavy atom. The summed E-state index contributed by atoms with van der Waals surface area (Å²) in [4.78, 5) is 0. The van der Waals surface area contributed by atoms with E-state index in [0.29, 0.717) is 6.42 Å². The zero-order valence-corrected chi connectivity index (χ0v) is 7.40. The van der Waals surface area contributed by atoms with Crippen LogP contribution in [0.3, 0.4) is 0 Å². The third kappa shape index (κ3) is 1.43. The molecular formula is C12H12O. The number of benzene rings is 1. The van der Waals surface area contributed by atoms with E-state index >= 15 is 0 Å². The van der Waals surface area contributed by atoms with Gasteiger partial charge < -0.3 is 5.11 Å². The van der Waals surface area contributed by atoms with Crippen molar-refractivity contribution in [2.45, 2.75) is 12.0 Å². The summed E-state index contributed by atoms with van der Waals surface area (Å²) in [5.74, 6) is 0. The predicted octanol–water partition coefficient (Wildman–Crippen LogP) is 2.17. The van der Waals surface area contributed by atoms with E-state index in [2.05, 4.69) is 12.6 Å². The number of hydrogen-bond donors (Lipinski definition) is 1. The first-order valence-electron chi connectivity index (χ1n) is 4.37. The van der Waals surface area contributed by atoms with Crippen LogP contribution in [-0.2, 0) is 6.42 Å². The fraction of sp³-hybridized carbons (Fsp3) is 0.167. The molecule has 2 rings (SSSR count). The summed E-state index contributed by atoms with van der Waals surface area (Å²) < 4.78 is 0. The first-order valence-corrected chi connectivity index (χ1v) is 4.37. The molecule has 1 N–H and O–H groups in total. The average molecular weight is 172 g/mol. The first kappa shape index (κ1) is 8.27. The minimum absolute atomic E-state index is 0.628. The van der Waals surface area contributed by atoms with Crippen LogP contribution in [0.5, 0.6) is 0 Å². The molecule has 0 aliphatic heterocycles. The third-order valence-corrected chi connectivity index (χ3v) is 2.43. The summed E-state index contributed by atoms with van der Waals surface area (Å²) in [5.41, 5.74) is 1.51. The molecule has 1 aliphatic rings. The van der Waals surface area contributed by atoms with Crippen LogP contribution >= 0.6 is 0 Å². The summed E-state index contributed by atoms with van der Waals surface area (Å²) >= 11 is 0. The quantitative estimate of drug-likeness (QED) is 0.644. The monoisotopic (exact) mass is 172 g/mol. The van der Waals surface area contributed by atoms with Crippen molar-refractivity contribution >= 4 is 6.08 Å². The van der Waals surface area contributed by atoms with Crippen molar-refractivity contribution in [3.8, 4) is 0 Å². The lowest BCUT2D eigenvalue weighted by Gasteiger charge is -2.25. The second-order valence-corrected chi connectivity index (χ2v) is 3.40. The zero-order valence-electron chi connectivity index (χ0n) is 7.40. The SMILES string of the molecule is C=CC1(O)C=Cc2ccccc2C1. The van der Waals surface area contributed by atoms with Crippen LogP contribution < -0.4 is 0 Å². The standard InChI is InChI=1S/C12H12O/c1-2-12(13)8-7-10-5-3-4-6-11(10)9-12/h2-8,13H,1,9H2. The maximum Gasteiger partial charge on any atom is 0.105 e. The highest BCUT2D eigenvalue weighted by Crippen LogP contribution is 2.26. The Morgan fingerprint density at radius 3 is 2.92 bits per heavy atom. The van der Waals surface area contributed by atoms with Gasteiger partial charge >= 0.3 is 0 Å². The highest BCUT2D eigenvalue weighted by atomic mass is 16.3. The minimum Gasteiger partial charge on any atom is -0.381 e. The van der Waals surface area contributed by atoms with Crippen LogP contribution in [0, 0.1) is 0 Å². The Hall–Kier alpha value is -1.34. The molecule has 0 heterocycles. The minimum atomic E-state index is -0.853. The van der Waals surface area contributed by atoms with Crippen LogP contribution in [0.25, 0.3) is 6.08 Å². The highest BCUT2D eigenvalue weighted by Gasteiger charge is 2.23. The summed E-state index contributed by atoms with van der Waals surface area (Å²) in [5, 5.41) is 9.92. The van der Waals surface area contributed by atoms with E-state index in [1.807, 2.05) is 24.3 Å².